The van der Waals surface area contributed by atoms with Gasteiger partial charge in [0.2, 0.25) is 0 Å². The number of ether oxygens (including phenoxy) is 3. The molecule has 6 heteroatoms. The van der Waals surface area contributed by atoms with E-state index in [2.05, 4.69) is 4.99 Å². The summed E-state index contributed by atoms with van der Waals surface area (Å²) in [5, 5.41) is 0.966. The van der Waals surface area contributed by atoms with Gasteiger partial charge in [-0.1, -0.05) is 23.2 Å². The number of rotatable bonds is 5. The Labute approximate surface area is 151 Å². The van der Waals surface area contributed by atoms with Gasteiger partial charge in [-0.25, -0.2) is 0 Å². The van der Waals surface area contributed by atoms with Crippen molar-refractivity contribution in [2.45, 2.75) is 6.42 Å². The van der Waals surface area contributed by atoms with Gasteiger partial charge in [0.25, 0.3) is 0 Å². The number of hydrogen-bond donors (Lipinski definition) is 0. The third-order valence-electron chi connectivity index (χ3n) is 3.87. The van der Waals surface area contributed by atoms with Crippen LogP contribution in [0.1, 0.15) is 11.1 Å². The Kier molecular flexibility index (Phi) is 5.17. The van der Waals surface area contributed by atoms with E-state index in [4.69, 9.17) is 37.4 Å². The zero-order valence-electron chi connectivity index (χ0n) is 13.4. The molecule has 1 heterocycles. The highest BCUT2D eigenvalue weighted by Gasteiger charge is 2.19. The fraction of sp³-hybridized carbons (Fsp3) is 0.278. The van der Waals surface area contributed by atoms with Crippen molar-refractivity contribution in [2.24, 2.45) is 4.99 Å². The van der Waals surface area contributed by atoms with Gasteiger partial charge in [0.15, 0.2) is 11.5 Å². The molecule has 0 fully saturated rings. The van der Waals surface area contributed by atoms with Crippen LogP contribution in [0.4, 0.5) is 0 Å². The summed E-state index contributed by atoms with van der Waals surface area (Å²) in [6.07, 6.45) is 0.867. The predicted octanol–water partition coefficient (Wildman–Crippen LogP) is 4.43. The molecule has 0 unspecified atom stereocenters. The van der Waals surface area contributed by atoms with E-state index < -0.39 is 0 Å². The van der Waals surface area contributed by atoms with Crippen LogP contribution in [0.15, 0.2) is 35.3 Å². The maximum atomic E-state index is 6.02. The van der Waals surface area contributed by atoms with Crippen LogP contribution in [0.2, 0.25) is 10.0 Å². The molecular formula is C18H17Cl2NO3. The number of benzene rings is 2. The second-order valence-corrected chi connectivity index (χ2v) is 6.12. The minimum absolute atomic E-state index is 0.348. The molecule has 0 amide bonds. The summed E-state index contributed by atoms with van der Waals surface area (Å²) < 4.78 is 16.6. The first-order chi connectivity index (χ1) is 11.6. The summed E-state index contributed by atoms with van der Waals surface area (Å²) in [5.74, 6) is 2.06. The molecule has 0 saturated carbocycles. The maximum absolute atomic E-state index is 6.02. The van der Waals surface area contributed by atoms with E-state index in [0.717, 1.165) is 30.0 Å². The van der Waals surface area contributed by atoms with Crippen LogP contribution in [0.25, 0.3) is 0 Å². The fourth-order valence-electron chi connectivity index (χ4n) is 2.63. The summed E-state index contributed by atoms with van der Waals surface area (Å²) in [7, 11) is 3.26. The lowest BCUT2D eigenvalue weighted by Crippen LogP contribution is -2.20. The SMILES string of the molecule is COc1cc2c(cc1OC)C(COc1ccc(Cl)c(Cl)c1)=NCC2. The van der Waals surface area contributed by atoms with Gasteiger partial charge >= 0.3 is 0 Å². The molecule has 126 valence electrons. The van der Waals surface area contributed by atoms with E-state index in [0.29, 0.717) is 28.2 Å². The Morgan fingerprint density at radius 2 is 1.75 bits per heavy atom. The van der Waals surface area contributed by atoms with Crippen LogP contribution in [0, 0.1) is 0 Å². The first-order valence-corrected chi connectivity index (χ1v) is 8.24. The van der Waals surface area contributed by atoms with E-state index >= 15 is 0 Å². The number of nitrogens with zero attached hydrogens (tertiary/aromatic N) is 1. The number of halogens is 2. The quantitative estimate of drug-likeness (QED) is 0.786. The summed E-state index contributed by atoms with van der Waals surface area (Å²) in [6, 6.07) is 9.14. The maximum Gasteiger partial charge on any atom is 0.161 e. The Morgan fingerprint density at radius 3 is 2.46 bits per heavy atom. The molecule has 0 radical (unpaired) electrons. The van der Waals surface area contributed by atoms with Crippen molar-refractivity contribution < 1.29 is 14.2 Å². The molecule has 0 N–H and O–H groups in total. The summed E-state index contributed by atoms with van der Waals surface area (Å²) in [4.78, 5) is 4.59. The first-order valence-electron chi connectivity index (χ1n) is 7.49. The highest BCUT2D eigenvalue weighted by molar-refractivity contribution is 6.42. The lowest BCUT2D eigenvalue weighted by atomic mass is 9.97. The van der Waals surface area contributed by atoms with Crippen molar-refractivity contribution in [2.75, 3.05) is 27.4 Å². The van der Waals surface area contributed by atoms with Crippen molar-refractivity contribution in [3.63, 3.8) is 0 Å². The van der Waals surface area contributed by atoms with Crippen molar-refractivity contribution in [3.8, 4) is 17.2 Å². The molecular weight excluding hydrogens is 349 g/mol. The summed E-state index contributed by atoms with van der Waals surface area (Å²) >= 11 is 11.9. The van der Waals surface area contributed by atoms with Crippen molar-refractivity contribution in [1.82, 2.24) is 0 Å². The van der Waals surface area contributed by atoms with Crippen molar-refractivity contribution in [1.29, 1.82) is 0 Å². The molecule has 0 bridgehead atoms. The van der Waals surface area contributed by atoms with Gasteiger partial charge in [0.1, 0.15) is 12.4 Å². The van der Waals surface area contributed by atoms with Crippen LogP contribution in [-0.2, 0) is 6.42 Å². The Balaban J connectivity index is 1.83. The monoisotopic (exact) mass is 365 g/mol. The van der Waals surface area contributed by atoms with Gasteiger partial charge in [-0.15, -0.1) is 0 Å². The number of hydrogen-bond acceptors (Lipinski definition) is 4. The molecule has 1 aliphatic heterocycles. The summed E-state index contributed by atoms with van der Waals surface area (Å²) in [6.45, 7) is 1.07. The second kappa shape index (κ2) is 7.32. The molecule has 0 saturated heterocycles. The summed E-state index contributed by atoms with van der Waals surface area (Å²) in [5.41, 5.74) is 3.08. The molecule has 4 nitrogen and oxygen atoms in total. The molecule has 3 rings (SSSR count). The van der Waals surface area contributed by atoms with Gasteiger partial charge in [-0.3, -0.25) is 4.99 Å². The second-order valence-electron chi connectivity index (χ2n) is 5.31. The molecule has 0 aromatic heterocycles. The normalized spacial score (nSPS) is 13.1. The average molecular weight is 366 g/mol. The molecule has 0 atom stereocenters. The van der Waals surface area contributed by atoms with Crippen molar-refractivity contribution >= 4 is 28.9 Å². The van der Waals surface area contributed by atoms with Crippen LogP contribution in [0.5, 0.6) is 17.2 Å². The predicted molar refractivity (Wildman–Crippen MR) is 96.6 cm³/mol. The zero-order valence-corrected chi connectivity index (χ0v) is 14.9. The number of methoxy groups -OCH3 is 2. The lowest BCUT2D eigenvalue weighted by Gasteiger charge is -2.20. The van der Waals surface area contributed by atoms with Crippen LogP contribution >= 0.6 is 23.2 Å². The largest absolute Gasteiger partial charge is 0.493 e. The van der Waals surface area contributed by atoms with E-state index in [1.54, 1.807) is 32.4 Å². The third-order valence-corrected chi connectivity index (χ3v) is 4.61. The van der Waals surface area contributed by atoms with Crippen LogP contribution < -0.4 is 14.2 Å². The molecule has 0 aliphatic carbocycles. The Hall–Kier alpha value is -1.91. The van der Waals surface area contributed by atoms with Gasteiger partial charge in [0.05, 0.1) is 30.0 Å². The molecule has 0 spiro atoms. The minimum atomic E-state index is 0.348. The molecule has 2 aromatic carbocycles. The number of fused-ring (bicyclic) bond motifs is 1. The van der Waals surface area contributed by atoms with Gasteiger partial charge in [-0.2, -0.15) is 0 Å². The smallest absolute Gasteiger partial charge is 0.161 e. The lowest BCUT2D eigenvalue weighted by molar-refractivity contribution is 0.354. The Bertz CT molecular complexity index is 790. The Morgan fingerprint density at radius 1 is 1.00 bits per heavy atom. The highest BCUT2D eigenvalue weighted by atomic mass is 35.5. The molecule has 24 heavy (non-hydrogen) atoms. The van der Waals surface area contributed by atoms with E-state index in [1.165, 1.54) is 5.56 Å². The number of aliphatic imine (C=N–C) groups is 1. The topological polar surface area (TPSA) is 40.0 Å². The average Bonchev–Trinajstić information content (AvgIpc) is 2.61. The standard InChI is InChI=1S/C18H17Cl2NO3/c1-22-17-7-11-5-6-21-16(13(11)9-18(17)23-2)10-24-12-3-4-14(19)15(20)8-12/h3-4,7-9H,5-6,10H2,1-2H3. The molecule has 2 aromatic rings. The minimum Gasteiger partial charge on any atom is -0.493 e. The van der Waals surface area contributed by atoms with Gasteiger partial charge in [-0.05, 0) is 36.2 Å². The zero-order chi connectivity index (χ0) is 17.1. The highest BCUT2D eigenvalue weighted by Crippen LogP contribution is 2.33. The van der Waals surface area contributed by atoms with Crippen molar-refractivity contribution in [3.05, 3.63) is 51.5 Å². The van der Waals surface area contributed by atoms with Crippen LogP contribution in [0.3, 0.4) is 0 Å². The van der Waals surface area contributed by atoms with Gasteiger partial charge in [0, 0.05) is 18.2 Å². The van der Waals surface area contributed by atoms with E-state index in [-0.39, 0.29) is 0 Å². The van der Waals surface area contributed by atoms with E-state index in [9.17, 15) is 0 Å². The third kappa shape index (κ3) is 3.45. The van der Waals surface area contributed by atoms with Gasteiger partial charge < -0.3 is 14.2 Å². The van der Waals surface area contributed by atoms with E-state index in [1.807, 2.05) is 12.1 Å². The molecule has 1 aliphatic rings. The first kappa shape index (κ1) is 16.9. The van der Waals surface area contributed by atoms with Crippen LogP contribution in [-0.4, -0.2) is 33.1 Å². The fourth-order valence-corrected chi connectivity index (χ4v) is 2.92.